The van der Waals surface area contributed by atoms with Gasteiger partial charge in [0.15, 0.2) is 17.5 Å². The molecule has 0 atom stereocenters. The fourth-order valence-corrected chi connectivity index (χ4v) is 6.29. The van der Waals surface area contributed by atoms with E-state index in [4.69, 9.17) is 19.4 Å². The second-order valence-electron chi connectivity index (χ2n) is 11.1. The largest absolute Gasteiger partial charge is 0.456 e. The van der Waals surface area contributed by atoms with Gasteiger partial charge >= 0.3 is 0 Å². The van der Waals surface area contributed by atoms with E-state index in [2.05, 4.69) is 65.6 Å². The average molecular weight is 577 g/mol. The summed E-state index contributed by atoms with van der Waals surface area (Å²) < 4.78 is 6.39. The summed E-state index contributed by atoms with van der Waals surface area (Å²) in [4.78, 5) is 19.3. The van der Waals surface area contributed by atoms with E-state index in [9.17, 15) is 0 Å². The Bertz CT molecular complexity index is 2480. The summed E-state index contributed by atoms with van der Waals surface area (Å²) in [6.45, 7) is 0. The summed E-state index contributed by atoms with van der Waals surface area (Å²) >= 11 is 0. The SMILES string of the molecule is c1ccc(-c2nc(-c3ccccc3)nc(-c3ccc(-c4cccc5oc6cc7ccncc7cc6c45)c4ccccc34)n2)cc1. The minimum Gasteiger partial charge on any atom is -0.456 e. The van der Waals surface area contributed by atoms with Crippen LogP contribution in [0.15, 0.2) is 150 Å². The highest BCUT2D eigenvalue weighted by Gasteiger charge is 2.19. The fourth-order valence-electron chi connectivity index (χ4n) is 6.29. The molecule has 0 N–H and O–H groups in total. The quantitative estimate of drug-likeness (QED) is 0.209. The molecule has 0 spiro atoms. The van der Waals surface area contributed by atoms with Crippen LogP contribution in [0.3, 0.4) is 0 Å². The average Bonchev–Trinajstić information content (AvgIpc) is 3.48. The van der Waals surface area contributed by atoms with Gasteiger partial charge in [0.25, 0.3) is 0 Å². The van der Waals surface area contributed by atoms with Gasteiger partial charge in [-0.15, -0.1) is 0 Å². The topological polar surface area (TPSA) is 64.7 Å². The molecule has 6 aromatic carbocycles. The van der Waals surface area contributed by atoms with Crippen LogP contribution in [-0.4, -0.2) is 19.9 Å². The van der Waals surface area contributed by atoms with Crippen molar-refractivity contribution in [3.05, 3.63) is 146 Å². The van der Waals surface area contributed by atoms with Gasteiger partial charge in [-0.25, -0.2) is 15.0 Å². The van der Waals surface area contributed by atoms with Crippen molar-refractivity contribution < 1.29 is 4.42 Å². The molecule has 0 aliphatic heterocycles. The molecule has 0 unspecified atom stereocenters. The van der Waals surface area contributed by atoms with Crippen molar-refractivity contribution in [1.82, 2.24) is 19.9 Å². The number of rotatable bonds is 4. The van der Waals surface area contributed by atoms with E-state index in [0.717, 1.165) is 71.3 Å². The molecule has 0 aliphatic rings. The number of aromatic nitrogens is 4. The Morgan fingerprint density at radius 2 is 1.07 bits per heavy atom. The third-order valence-electron chi connectivity index (χ3n) is 8.41. The minimum absolute atomic E-state index is 0.636. The van der Waals surface area contributed by atoms with Gasteiger partial charge in [0.2, 0.25) is 0 Å². The van der Waals surface area contributed by atoms with Gasteiger partial charge in [0.1, 0.15) is 11.2 Å². The molecule has 45 heavy (non-hydrogen) atoms. The molecular formula is C40H24N4O. The smallest absolute Gasteiger partial charge is 0.164 e. The molecule has 9 aromatic rings. The first kappa shape index (κ1) is 25.3. The molecule has 210 valence electrons. The van der Waals surface area contributed by atoms with Gasteiger partial charge in [-0.05, 0) is 57.6 Å². The lowest BCUT2D eigenvalue weighted by atomic mass is 9.92. The summed E-state index contributed by atoms with van der Waals surface area (Å²) in [5.41, 5.74) is 6.80. The van der Waals surface area contributed by atoms with Gasteiger partial charge in [0, 0.05) is 45.2 Å². The van der Waals surface area contributed by atoms with Crippen molar-refractivity contribution in [3.63, 3.8) is 0 Å². The lowest BCUT2D eigenvalue weighted by Crippen LogP contribution is -2.00. The van der Waals surface area contributed by atoms with Gasteiger partial charge in [0.05, 0.1) is 0 Å². The van der Waals surface area contributed by atoms with Crippen molar-refractivity contribution >= 4 is 43.5 Å². The highest BCUT2D eigenvalue weighted by atomic mass is 16.3. The number of fused-ring (bicyclic) bond motifs is 5. The van der Waals surface area contributed by atoms with E-state index in [-0.39, 0.29) is 0 Å². The van der Waals surface area contributed by atoms with Gasteiger partial charge < -0.3 is 4.42 Å². The number of benzene rings is 6. The lowest BCUT2D eigenvalue weighted by molar-refractivity contribution is 0.669. The van der Waals surface area contributed by atoms with Crippen LogP contribution in [-0.2, 0) is 0 Å². The van der Waals surface area contributed by atoms with Crippen LogP contribution in [0, 0.1) is 0 Å². The predicted molar refractivity (Wildman–Crippen MR) is 182 cm³/mol. The molecule has 3 aromatic heterocycles. The van der Waals surface area contributed by atoms with E-state index < -0.39 is 0 Å². The molecule has 0 radical (unpaired) electrons. The van der Waals surface area contributed by atoms with Crippen LogP contribution in [0.5, 0.6) is 0 Å². The van der Waals surface area contributed by atoms with E-state index in [1.165, 1.54) is 0 Å². The van der Waals surface area contributed by atoms with Crippen molar-refractivity contribution in [2.24, 2.45) is 0 Å². The van der Waals surface area contributed by atoms with Gasteiger partial charge in [-0.2, -0.15) is 0 Å². The predicted octanol–water partition coefficient (Wildman–Crippen LogP) is 10.1. The number of pyridine rings is 1. The number of hydrogen-bond acceptors (Lipinski definition) is 5. The maximum absolute atomic E-state index is 6.39. The zero-order chi connectivity index (χ0) is 29.7. The first-order valence-corrected chi connectivity index (χ1v) is 14.9. The number of furan rings is 1. The summed E-state index contributed by atoms with van der Waals surface area (Å²) in [5.74, 6) is 1.92. The minimum atomic E-state index is 0.636. The van der Waals surface area contributed by atoms with Crippen molar-refractivity contribution in [1.29, 1.82) is 0 Å². The Morgan fingerprint density at radius 3 is 1.80 bits per heavy atom. The van der Waals surface area contributed by atoms with Crippen LogP contribution < -0.4 is 0 Å². The standard InChI is InChI=1S/C40H24N4O/c1-3-10-25(11-4-1)38-42-39(26-12-5-2-6-13-26)44-40(43-38)33-19-18-31(29-14-7-8-15-30(29)33)32-16-9-17-35-37(32)34-22-28-24-41-21-20-27(28)23-36(34)45-35/h1-24H. The summed E-state index contributed by atoms with van der Waals surface area (Å²) in [5, 5.41) is 6.54. The van der Waals surface area contributed by atoms with Crippen LogP contribution in [0.25, 0.3) is 88.8 Å². The molecule has 0 saturated carbocycles. The Labute approximate surface area is 258 Å². The van der Waals surface area contributed by atoms with Crippen molar-refractivity contribution in [2.45, 2.75) is 0 Å². The second-order valence-corrected chi connectivity index (χ2v) is 11.1. The first-order valence-electron chi connectivity index (χ1n) is 14.9. The molecule has 5 nitrogen and oxygen atoms in total. The Balaban J connectivity index is 1.28. The molecule has 0 amide bonds. The second kappa shape index (κ2) is 10.2. The lowest BCUT2D eigenvalue weighted by Gasteiger charge is -2.13. The molecule has 0 bridgehead atoms. The van der Waals surface area contributed by atoms with Crippen LogP contribution in [0.1, 0.15) is 0 Å². The van der Waals surface area contributed by atoms with E-state index in [1.54, 1.807) is 0 Å². The van der Waals surface area contributed by atoms with Gasteiger partial charge in [-0.3, -0.25) is 4.98 Å². The first-order chi connectivity index (χ1) is 22.3. The molecule has 0 fully saturated rings. The molecular weight excluding hydrogens is 552 g/mol. The normalized spacial score (nSPS) is 11.6. The van der Waals surface area contributed by atoms with E-state index in [1.807, 2.05) is 85.2 Å². The summed E-state index contributed by atoms with van der Waals surface area (Å²) in [6, 6.07) is 45.5. The molecule has 0 aliphatic carbocycles. The third-order valence-corrected chi connectivity index (χ3v) is 8.41. The monoisotopic (exact) mass is 576 g/mol. The Kier molecular flexibility index (Phi) is 5.74. The maximum Gasteiger partial charge on any atom is 0.164 e. The fraction of sp³-hybridized carbons (Fsp3) is 0. The number of nitrogens with zero attached hydrogens (tertiary/aromatic N) is 4. The van der Waals surface area contributed by atoms with Gasteiger partial charge in [-0.1, -0.05) is 103 Å². The molecule has 9 rings (SSSR count). The van der Waals surface area contributed by atoms with E-state index in [0.29, 0.717) is 17.5 Å². The molecule has 3 heterocycles. The molecule has 5 heteroatoms. The van der Waals surface area contributed by atoms with Crippen LogP contribution in [0.2, 0.25) is 0 Å². The highest BCUT2D eigenvalue weighted by Crippen LogP contribution is 2.42. The number of hydrogen-bond donors (Lipinski definition) is 0. The van der Waals surface area contributed by atoms with Crippen LogP contribution in [0.4, 0.5) is 0 Å². The summed E-state index contributed by atoms with van der Waals surface area (Å²) in [6.07, 6.45) is 3.72. The van der Waals surface area contributed by atoms with E-state index >= 15 is 0 Å². The Hall–Kier alpha value is -6.20. The zero-order valence-electron chi connectivity index (χ0n) is 24.1. The van der Waals surface area contributed by atoms with Crippen molar-refractivity contribution in [2.75, 3.05) is 0 Å². The summed E-state index contributed by atoms with van der Waals surface area (Å²) in [7, 11) is 0. The van der Waals surface area contributed by atoms with Crippen molar-refractivity contribution in [3.8, 4) is 45.3 Å². The third kappa shape index (κ3) is 4.25. The highest BCUT2D eigenvalue weighted by molar-refractivity contribution is 6.18. The van der Waals surface area contributed by atoms with Crippen LogP contribution >= 0.6 is 0 Å². The zero-order valence-corrected chi connectivity index (χ0v) is 24.1. The maximum atomic E-state index is 6.39. The Morgan fingerprint density at radius 1 is 0.422 bits per heavy atom. The molecule has 0 saturated heterocycles.